The third kappa shape index (κ3) is 6.80. The second-order valence-corrected chi connectivity index (χ2v) is 18.9. The maximum atomic E-state index is 6.24. The second-order valence-electron chi connectivity index (χ2n) is 18.9. The van der Waals surface area contributed by atoms with Gasteiger partial charge in [-0.1, -0.05) is 146 Å². The van der Waals surface area contributed by atoms with Crippen molar-refractivity contribution in [3.63, 3.8) is 0 Å². The monoisotopic (exact) mass is 946 g/mol. The Morgan fingerprint density at radius 2 is 0.527 bits per heavy atom. The van der Waals surface area contributed by atoms with E-state index < -0.39 is 0 Å². The molecule has 0 saturated carbocycles. The molecule has 0 fully saturated rings. The second kappa shape index (κ2) is 16.8. The van der Waals surface area contributed by atoms with Gasteiger partial charge in [0.1, 0.15) is 11.0 Å². The van der Waals surface area contributed by atoms with Gasteiger partial charge >= 0.3 is 0 Å². The molecule has 346 valence electrons. The number of hydrogen-bond acceptors (Lipinski definition) is 4. The van der Waals surface area contributed by atoms with E-state index in [0.29, 0.717) is 11.8 Å². The molecule has 4 aromatic heterocycles. The highest BCUT2D eigenvalue weighted by molar-refractivity contribution is 6.10. The highest BCUT2D eigenvalue weighted by Crippen LogP contribution is 2.44. The lowest BCUT2D eigenvalue weighted by molar-refractivity contribution is 0.619. The summed E-state index contributed by atoms with van der Waals surface area (Å²) in [5, 5.41) is 4.95. The first-order valence-corrected chi connectivity index (χ1v) is 25.0. The van der Waals surface area contributed by atoms with E-state index in [9.17, 15) is 0 Å². The maximum absolute atomic E-state index is 6.24. The van der Waals surface area contributed by atoms with E-state index in [2.05, 4.69) is 215 Å². The average molecular weight is 947 g/mol. The number of aromatic nitrogens is 4. The molecular formula is C68H42N4O2. The average Bonchev–Trinajstić information content (AvgIpc) is 4.27. The van der Waals surface area contributed by atoms with Crippen molar-refractivity contribution in [3.8, 4) is 78.8 Å². The number of fused-ring (bicyclic) bond motifs is 8. The summed E-state index contributed by atoms with van der Waals surface area (Å²) in [5.74, 6) is 1.19. The van der Waals surface area contributed by atoms with Crippen molar-refractivity contribution in [2.45, 2.75) is 0 Å². The lowest BCUT2D eigenvalue weighted by atomic mass is 9.85. The Balaban J connectivity index is 0.918. The Hall–Kier alpha value is -10.0. The number of hydrogen-bond donors (Lipinski definition) is 0. The smallest absolute Gasteiger partial charge is 0.227 e. The van der Waals surface area contributed by atoms with Crippen LogP contribution in [-0.2, 0) is 0 Å². The molecule has 6 heteroatoms. The molecule has 0 saturated heterocycles. The molecule has 0 aliphatic carbocycles. The van der Waals surface area contributed by atoms with Gasteiger partial charge in [0.25, 0.3) is 0 Å². The molecule has 4 heterocycles. The van der Waals surface area contributed by atoms with Crippen molar-refractivity contribution >= 4 is 65.8 Å². The van der Waals surface area contributed by atoms with Crippen molar-refractivity contribution in [3.05, 3.63) is 255 Å². The Kier molecular flexibility index (Phi) is 9.47. The standard InChI is InChI=1S/C68H42N4O2/c1-7-19-61-51(13-1)52-14-2-8-20-62(52)71(61)49-37-33-45(34-38-49)57-41-56(44-27-31-48(32-28-44)68-70-60-18-6-12-24-66(60)74-68)58(42-55(57)43-25-29-47(30-26-43)67-69-59-17-5-11-23-65(59)73-67)46-35-39-50(40-36-46)72-63-21-9-3-15-53(63)54-16-4-10-22-64(54)72/h1-42H. The van der Waals surface area contributed by atoms with Crippen LogP contribution in [0.2, 0.25) is 0 Å². The van der Waals surface area contributed by atoms with Crippen LogP contribution >= 0.6 is 0 Å². The Labute approximate surface area is 425 Å². The molecule has 74 heavy (non-hydrogen) atoms. The molecule has 0 N–H and O–H groups in total. The summed E-state index contributed by atoms with van der Waals surface area (Å²) < 4.78 is 17.2. The summed E-state index contributed by atoms with van der Waals surface area (Å²) in [4.78, 5) is 9.66. The van der Waals surface area contributed by atoms with Gasteiger partial charge < -0.3 is 18.0 Å². The van der Waals surface area contributed by atoms with Crippen LogP contribution < -0.4 is 0 Å². The molecule has 6 nitrogen and oxygen atoms in total. The Morgan fingerprint density at radius 1 is 0.257 bits per heavy atom. The molecule has 0 aliphatic heterocycles. The zero-order valence-electron chi connectivity index (χ0n) is 39.9. The molecule has 0 amide bonds. The quantitative estimate of drug-likeness (QED) is 0.152. The summed E-state index contributed by atoms with van der Waals surface area (Å²) in [5.41, 5.74) is 20.7. The SMILES string of the molecule is c1ccc2oc(-c3ccc(-c4cc(-c5ccc(-n6c7ccccc7c7ccccc76)cc5)c(-c5ccc(-c6nc7ccccc7o6)cc5)cc4-c4ccc(-n5c6ccccc6c6ccccc65)cc4)cc3)nc2c1. The Bertz CT molecular complexity index is 4160. The van der Waals surface area contributed by atoms with E-state index in [-0.39, 0.29) is 0 Å². The van der Waals surface area contributed by atoms with Gasteiger partial charge in [-0.2, -0.15) is 0 Å². The molecule has 0 radical (unpaired) electrons. The van der Waals surface area contributed by atoms with E-state index in [1.165, 1.54) is 43.6 Å². The van der Waals surface area contributed by atoms with Crippen molar-refractivity contribution < 1.29 is 8.83 Å². The van der Waals surface area contributed by atoms with E-state index >= 15 is 0 Å². The van der Waals surface area contributed by atoms with Gasteiger partial charge in [0, 0.05) is 44.0 Å². The van der Waals surface area contributed by atoms with E-state index in [4.69, 9.17) is 18.8 Å². The molecule has 0 aliphatic rings. The van der Waals surface area contributed by atoms with Gasteiger partial charge in [-0.15, -0.1) is 0 Å². The van der Waals surface area contributed by atoms with E-state index in [1.54, 1.807) is 0 Å². The fourth-order valence-corrected chi connectivity index (χ4v) is 11.1. The van der Waals surface area contributed by atoms with Crippen LogP contribution in [0.5, 0.6) is 0 Å². The first-order valence-electron chi connectivity index (χ1n) is 25.0. The number of oxazole rings is 2. The first-order chi connectivity index (χ1) is 36.7. The third-order valence-electron chi connectivity index (χ3n) is 14.7. The van der Waals surface area contributed by atoms with Gasteiger partial charge in [0.05, 0.1) is 22.1 Å². The molecule has 0 atom stereocenters. The van der Waals surface area contributed by atoms with E-state index in [0.717, 1.165) is 89.2 Å². The highest BCUT2D eigenvalue weighted by Gasteiger charge is 2.20. The summed E-state index contributed by atoms with van der Waals surface area (Å²) in [6.07, 6.45) is 0. The number of nitrogens with zero attached hydrogens (tertiary/aromatic N) is 4. The minimum absolute atomic E-state index is 0.597. The third-order valence-corrected chi connectivity index (χ3v) is 14.7. The normalized spacial score (nSPS) is 11.8. The lowest BCUT2D eigenvalue weighted by Gasteiger charge is -2.19. The van der Waals surface area contributed by atoms with Crippen LogP contribution in [0.4, 0.5) is 0 Å². The molecule has 15 rings (SSSR count). The summed E-state index contributed by atoms with van der Waals surface area (Å²) in [7, 11) is 0. The Morgan fingerprint density at radius 3 is 0.851 bits per heavy atom. The van der Waals surface area contributed by atoms with E-state index in [1.807, 2.05) is 48.5 Å². The van der Waals surface area contributed by atoms with Crippen molar-refractivity contribution in [1.29, 1.82) is 0 Å². The summed E-state index contributed by atoms with van der Waals surface area (Å²) >= 11 is 0. The van der Waals surface area contributed by atoms with Crippen molar-refractivity contribution in [2.24, 2.45) is 0 Å². The predicted octanol–water partition coefficient (Wildman–Crippen LogP) is 18.2. The zero-order valence-corrected chi connectivity index (χ0v) is 39.9. The van der Waals surface area contributed by atoms with Gasteiger partial charge in [-0.25, -0.2) is 9.97 Å². The summed E-state index contributed by atoms with van der Waals surface area (Å²) in [6, 6.07) is 90.6. The number of rotatable bonds is 8. The summed E-state index contributed by atoms with van der Waals surface area (Å²) in [6.45, 7) is 0. The van der Waals surface area contributed by atoms with Crippen LogP contribution in [0, 0.1) is 0 Å². The minimum Gasteiger partial charge on any atom is -0.436 e. The molecule has 15 aromatic rings. The van der Waals surface area contributed by atoms with Crippen LogP contribution in [0.3, 0.4) is 0 Å². The van der Waals surface area contributed by atoms with Crippen LogP contribution in [0.1, 0.15) is 0 Å². The largest absolute Gasteiger partial charge is 0.436 e. The first kappa shape index (κ1) is 41.7. The minimum atomic E-state index is 0.597. The predicted molar refractivity (Wildman–Crippen MR) is 303 cm³/mol. The van der Waals surface area contributed by atoms with Gasteiger partial charge in [-0.05, 0) is 154 Å². The topological polar surface area (TPSA) is 61.9 Å². The molecule has 0 spiro atoms. The van der Waals surface area contributed by atoms with Crippen molar-refractivity contribution in [2.75, 3.05) is 0 Å². The zero-order chi connectivity index (χ0) is 48.7. The van der Waals surface area contributed by atoms with Crippen LogP contribution in [0.15, 0.2) is 264 Å². The highest BCUT2D eigenvalue weighted by atomic mass is 16.4. The molecule has 0 bridgehead atoms. The van der Waals surface area contributed by atoms with Crippen LogP contribution in [0.25, 0.3) is 145 Å². The lowest BCUT2D eigenvalue weighted by Crippen LogP contribution is -1.96. The number of benzene rings is 11. The molecular weight excluding hydrogens is 905 g/mol. The fourth-order valence-electron chi connectivity index (χ4n) is 11.1. The molecule has 11 aromatic carbocycles. The van der Waals surface area contributed by atoms with Crippen molar-refractivity contribution in [1.82, 2.24) is 19.1 Å². The van der Waals surface area contributed by atoms with Gasteiger partial charge in [-0.3, -0.25) is 0 Å². The van der Waals surface area contributed by atoms with Gasteiger partial charge in [0.15, 0.2) is 11.2 Å². The maximum Gasteiger partial charge on any atom is 0.227 e. The van der Waals surface area contributed by atoms with Crippen LogP contribution in [-0.4, -0.2) is 19.1 Å². The fraction of sp³-hybridized carbons (Fsp3) is 0. The number of para-hydroxylation sites is 8. The molecule has 0 unspecified atom stereocenters. The van der Waals surface area contributed by atoms with Gasteiger partial charge in [0.2, 0.25) is 11.8 Å².